The highest BCUT2D eigenvalue weighted by Crippen LogP contribution is 2.24. The third kappa shape index (κ3) is 6.16. The van der Waals surface area contributed by atoms with Crippen LogP contribution in [0.15, 0.2) is 18.2 Å². The fraction of sp³-hybridized carbons (Fsp3) is 0.550. The number of aromatic carboxylic acids is 1. The molecule has 9 nitrogen and oxygen atoms in total. The van der Waals surface area contributed by atoms with Gasteiger partial charge in [0.2, 0.25) is 11.8 Å². The molecule has 29 heavy (non-hydrogen) atoms. The quantitative estimate of drug-likeness (QED) is 0.630. The molecule has 1 saturated heterocycles. The van der Waals surface area contributed by atoms with E-state index in [9.17, 15) is 19.5 Å². The van der Waals surface area contributed by atoms with Crippen LogP contribution < -0.4 is 10.2 Å². The number of carboxylic acids is 1. The molecule has 0 bridgehead atoms. The number of anilines is 2. The van der Waals surface area contributed by atoms with Gasteiger partial charge in [-0.05, 0) is 32.0 Å². The van der Waals surface area contributed by atoms with E-state index >= 15 is 0 Å². The van der Waals surface area contributed by atoms with Crippen LogP contribution in [-0.4, -0.2) is 92.2 Å². The molecule has 0 radical (unpaired) electrons. The topological polar surface area (TPSA) is 102 Å². The first kappa shape index (κ1) is 22.6. The van der Waals surface area contributed by atoms with Gasteiger partial charge in [0, 0.05) is 52.1 Å². The van der Waals surface area contributed by atoms with Crippen LogP contribution in [-0.2, 0) is 14.3 Å². The van der Waals surface area contributed by atoms with E-state index in [0.29, 0.717) is 32.7 Å². The average molecular weight is 406 g/mol. The lowest BCUT2D eigenvalue weighted by Gasteiger charge is -2.36. The molecule has 1 aliphatic heterocycles. The molecule has 0 aromatic heterocycles. The molecule has 1 aromatic carbocycles. The highest BCUT2D eigenvalue weighted by molar-refractivity contribution is 6.01. The number of rotatable bonds is 9. The highest BCUT2D eigenvalue weighted by Gasteiger charge is 2.22. The summed E-state index contributed by atoms with van der Waals surface area (Å²) in [5, 5.41) is 12.1. The van der Waals surface area contributed by atoms with E-state index in [2.05, 4.69) is 15.1 Å². The first-order chi connectivity index (χ1) is 13.9. The lowest BCUT2D eigenvalue weighted by molar-refractivity contribution is -0.132. The summed E-state index contributed by atoms with van der Waals surface area (Å²) < 4.78 is 4.76. The second-order valence-electron chi connectivity index (χ2n) is 6.85. The van der Waals surface area contributed by atoms with Gasteiger partial charge in [0.25, 0.3) is 0 Å². The Kier molecular flexibility index (Phi) is 8.41. The van der Waals surface area contributed by atoms with Gasteiger partial charge in [0.05, 0.1) is 17.8 Å². The molecule has 1 aliphatic rings. The monoisotopic (exact) mass is 406 g/mol. The molecule has 0 atom stereocenters. The summed E-state index contributed by atoms with van der Waals surface area (Å²) >= 11 is 0. The van der Waals surface area contributed by atoms with Crippen LogP contribution in [0.4, 0.5) is 11.4 Å². The number of hydrogen-bond acceptors (Lipinski definition) is 6. The molecule has 1 heterocycles. The third-order valence-electron chi connectivity index (χ3n) is 5.00. The minimum absolute atomic E-state index is 0.0334. The van der Waals surface area contributed by atoms with Gasteiger partial charge in [-0.15, -0.1) is 0 Å². The Balaban J connectivity index is 2.01. The molecular weight excluding hydrogens is 376 g/mol. The number of nitrogens with one attached hydrogen (secondary N) is 1. The number of ether oxygens (including phenoxy) is 1. The number of carbonyl (C=O) groups is 3. The zero-order valence-electron chi connectivity index (χ0n) is 17.3. The van der Waals surface area contributed by atoms with Gasteiger partial charge in [-0.1, -0.05) is 0 Å². The van der Waals surface area contributed by atoms with Gasteiger partial charge < -0.3 is 25.0 Å². The smallest absolute Gasteiger partial charge is 0.337 e. The van der Waals surface area contributed by atoms with Crippen molar-refractivity contribution in [3.63, 3.8) is 0 Å². The normalized spacial score (nSPS) is 14.5. The molecular formula is C20H30N4O5. The van der Waals surface area contributed by atoms with Crippen molar-refractivity contribution in [2.45, 2.75) is 13.8 Å². The number of benzene rings is 1. The summed E-state index contributed by atoms with van der Waals surface area (Å²) in [6.45, 7) is 8.46. The summed E-state index contributed by atoms with van der Waals surface area (Å²) in [7, 11) is 1.40. The molecule has 2 amide bonds. The Bertz CT molecular complexity index is 728. The van der Waals surface area contributed by atoms with Crippen LogP contribution in [0.25, 0.3) is 0 Å². The van der Waals surface area contributed by atoms with Gasteiger partial charge in [-0.3, -0.25) is 14.5 Å². The predicted octanol–water partition coefficient (Wildman–Crippen LogP) is 0.960. The van der Waals surface area contributed by atoms with Crippen LogP contribution in [0.3, 0.4) is 0 Å². The molecule has 0 spiro atoms. The maximum Gasteiger partial charge on any atom is 0.337 e. The van der Waals surface area contributed by atoms with Crippen molar-refractivity contribution < 1.29 is 24.2 Å². The van der Waals surface area contributed by atoms with Crippen molar-refractivity contribution >= 4 is 29.2 Å². The minimum Gasteiger partial charge on any atom is -0.478 e. The van der Waals surface area contributed by atoms with Gasteiger partial charge in [0.15, 0.2) is 0 Å². The molecule has 160 valence electrons. The van der Waals surface area contributed by atoms with Gasteiger partial charge in [0.1, 0.15) is 6.61 Å². The van der Waals surface area contributed by atoms with Gasteiger partial charge in [-0.2, -0.15) is 0 Å². The maximum absolute atomic E-state index is 12.3. The number of amides is 2. The lowest BCUT2D eigenvalue weighted by atomic mass is 10.1. The molecule has 2 N–H and O–H groups in total. The SMILES string of the molecule is CCN(CC)C(=O)CN1CCN(c2ccc(NC(=O)COC)c(C(=O)O)c2)CC1. The second kappa shape index (κ2) is 10.8. The number of methoxy groups -OCH3 is 1. The van der Waals surface area contributed by atoms with Crippen molar-refractivity contribution in [3.8, 4) is 0 Å². The summed E-state index contributed by atoms with van der Waals surface area (Å²) in [4.78, 5) is 41.7. The first-order valence-electron chi connectivity index (χ1n) is 9.80. The molecule has 9 heteroatoms. The summed E-state index contributed by atoms with van der Waals surface area (Å²) in [6.07, 6.45) is 0. The highest BCUT2D eigenvalue weighted by atomic mass is 16.5. The standard InChI is InChI=1S/C20H30N4O5/c1-4-23(5-2)19(26)13-22-8-10-24(11-9-22)15-6-7-17(16(12-15)20(27)28)21-18(25)14-29-3/h6-7,12H,4-5,8-11,13-14H2,1-3H3,(H,21,25)(H,27,28). The van der Waals surface area contributed by atoms with E-state index in [4.69, 9.17) is 4.74 Å². The summed E-state index contributed by atoms with van der Waals surface area (Å²) in [5.74, 6) is -1.38. The maximum atomic E-state index is 12.3. The van der Waals surface area contributed by atoms with E-state index in [1.807, 2.05) is 18.7 Å². The number of likely N-dealkylation sites (N-methyl/N-ethyl adjacent to an activating group) is 1. The van der Waals surface area contributed by atoms with Crippen molar-refractivity contribution in [2.75, 3.05) is 69.7 Å². The molecule has 0 aliphatic carbocycles. The molecule has 1 fully saturated rings. The van der Waals surface area contributed by atoms with E-state index in [1.165, 1.54) is 7.11 Å². The molecule has 0 unspecified atom stereocenters. The number of carboxylic acid groups (broad SMARTS) is 1. The Hall–Kier alpha value is -2.65. The van der Waals surface area contributed by atoms with E-state index < -0.39 is 11.9 Å². The lowest BCUT2D eigenvalue weighted by Crippen LogP contribution is -2.50. The number of piperazine rings is 1. The third-order valence-corrected chi connectivity index (χ3v) is 5.00. The summed E-state index contributed by atoms with van der Waals surface area (Å²) in [5.41, 5.74) is 1.06. The average Bonchev–Trinajstić information content (AvgIpc) is 2.70. The zero-order valence-corrected chi connectivity index (χ0v) is 17.3. The minimum atomic E-state index is -1.11. The Morgan fingerprint density at radius 3 is 2.34 bits per heavy atom. The Morgan fingerprint density at radius 2 is 1.79 bits per heavy atom. The van der Waals surface area contributed by atoms with Crippen molar-refractivity contribution in [1.29, 1.82) is 0 Å². The predicted molar refractivity (Wildman–Crippen MR) is 110 cm³/mol. The van der Waals surface area contributed by atoms with E-state index in [1.54, 1.807) is 18.2 Å². The van der Waals surface area contributed by atoms with E-state index in [-0.39, 0.29) is 23.8 Å². The van der Waals surface area contributed by atoms with E-state index in [0.717, 1.165) is 18.8 Å². The van der Waals surface area contributed by atoms with Crippen LogP contribution >= 0.6 is 0 Å². The molecule has 1 aromatic rings. The van der Waals surface area contributed by atoms with Crippen molar-refractivity contribution in [1.82, 2.24) is 9.80 Å². The largest absolute Gasteiger partial charge is 0.478 e. The Labute approximate surface area is 171 Å². The number of hydrogen-bond donors (Lipinski definition) is 2. The molecule has 2 rings (SSSR count). The second-order valence-corrected chi connectivity index (χ2v) is 6.85. The van der Waals surface area contributed by atoms with Gasteiger partial charge >= 0.3 is 5.97 Å². The van der Waals surface area contributed by atoms with Crippen LogP contribution in [0.1, 0.15) is 24.2 Å². The zero-order chi connectivity index (χ0) is 21.4. The van der Waals surface area contributed by atoms with Crippen molar-refractivity contribution in [2.24, 2.45) is 0 Å². The number of carbonyl (C=O) groups excluding carboxylic acids is 2. The fourth-order valence-corrected chi connectivity index (χ4v) is 3.36. The van der Waals surface area contributed by atoms with Crippen LogP contribution in [0.2, 0.25) is 0 Å². The Morgan fingerprint density at radius 1 is 1.14 bits per heavy atom. The first-order valence-corrected chi connectivity index (χ1v) is 9.80. The van der Waals surface area contributed by atoms with Crippen molar-refractivity contribution in [3.05, 3.63) is 23.8 Å². The van der Waals surface area contributed by atoms with Crippen LogP contribution in [0, 0.1) is 0 Å². The number of nitrogens with zero attached hydrogens (tertiary/aromatic N) is 3. The summed E-state index contributed by atoms with van der Waals surface area (Å²) in [6, 6.07) is 4.97. The van der Waals surface area contributed by atoms with Gasteiger partial charge in [-0.25, -0.2) is 4.79 Å². The fourth-order valence-electron chi connectivity index (χ4n) is 3.36. The molecule has 0 saturated carbocycles. The van der Waals surface area contributed by atoms with Crippen LogP contribution in [0.5, 0.6) is 0 Å².